The van der Waals surface area contributed by atoms with Crippen molar-refractivity contribution in [1.29, 1.82) is 0 Å². The smallest absolute Gasteiger partial charge is 0.240 e. The summed E-state index contributed by atoms with van der Waals surface area (Å²) in [5.74, 6) is -0.241. The number of hydrogen-bond acceptors (Lipinski definition) is 5. The van der Waals surface area contributed by atoms with Gasteiger partial charge in [0.1, 0.15) is 5.82 Å². The molecular formula is C27H33FN4O2S. The van der Waals surface area contributed by atoms with Gasteiger partial charge in [0.05, 0.1) is 4.90 Å². The van der Waals surface area contributed by atoms with Crippen LogP contribution in [0.2, 0.25) is 0 Å². The Balaban J connectivity index is 1.52. The standard InChI is InChI=1S/C27H33FN4O2S/c1-21-5-4-6-26(19-21)35(33,34)29-20-27(22-7-11-24(12-8-22)30(2)3)32-17-15-31(16-18-32)25-13-9-23(28)10-14-25/h4-14,19,27,29H,15-18,20H2,1-3H3/t27-/m1/s1. The summed E-state index contributed by atoms with van der Waals surface area (Å²) >= 11 is 0. The lowest BCUT2D eigenvalue weighted by Gasteiger charge is -2.40. The van der Waals surface area contributed by atoms with Crippen LogP contribution in [0.25, 0.3) is 0 Å². The second-order valence-corrected chi connectivity index (χ2v) is 10.9. The maximum absolute atomic E-state index is 13.3. The van der Waals surface area contributed by atoms with Gasteiger partial charge in [0.25, 0.3) is 0 Å². The number of anilines is 2. The molecule has 0 unspecified atom stereocenters. The van der Waals surface area contributed by atoms with Crippen LogP contribution in [0.4, 0.5) is 15.8 Å². The van der Waals surface area contributed by atoms with Crippen molar-refractivity contribution in [2.75, 3.05) is 56.6 Å². The Morgan fingerprint density at radius 2 is 1.60 bits per heavy atom. The van der Waals surface area contributed by atoms with E-state index in [1.54, 1.807) is 30.3 Å². The predicted octanol–water partition coefficient (Wildman–Crippen LogP) is 4.04. The van der Waals surface area contributed by atoms with Gasteiger partial charge >= 0.3 is 0 Å². The molecule has 1 saturated heterocycles. The fourth-order valence-electron chi connectivity index (χ4n) is 4.45. The molecule has 0 spiro atoms. The molecule has 8 heteroatoms. The zero-order valence-electron chi connectivity index (χ0n) is 20.5. The zero-order valence-corrected chi connectivity index (χ0v) is 21.3. The van der Waals surface area contributed by atoms with Gasteiger partial charge in [-0.1, -0.05) is 24.3 Å². The second kappa shape index (κ2) is 10.8. The van der Waals surface area contributed by atoms with Crippen molar-refractivity contribution in [3.63, 3.8) is 0 Å². The Hall–Kier alpha value is -2.94. The minimum atomic E-state index is -3.63. The molecule has 0 bridgehead atoms. The molecule has 1 heterocycles. The topological polar surface area (TPSA) is 55.9 Å². The molecule has 0 amide bonds. The highest BCUT2D eigenvalue weighted by atomic mass is 32.2. The molecule has 3 aromatic rings. The Bertz CT molecular complexity index is 1220. The molecule has 0 aliphatic carbocycles. The summed E-state index contributed by atoms with van der Waals surface area (Å²) < 4.78 is 42.2. The van der Waals surface area contributed by atoms with Gasteiger partial charge in [-0.25, -0.2) is 17.5 Å². The van der Waals surface area contributed by atoms with Crippen LogP contribution < -0.4 is 14.5 Å². The van der Waals surface area contributed by atoms with Crippen molar-refractivity contribution >= 4 is 21.4 Å². The summed E-state index contributed by atoms with van der Waals surface area (Å²) in [5, 5.41) is 0. The molecule has 1 atom stereocenters. The van der Waals surface area contributed by atoms with E-state index in [0.29, 0.717) is 0 Å². The summed E-state index contributed by atoms with van der Waals surface area (Å²) in [4.78, 5) is 6.88. The van der Waals surface area contributed by atoms with Crippen LogP contribution in [-0.4, -0.2) is 60.1 Å². The third-order valence-electron chi connectivity index (χ3n) is 6.51. The predicted molar refractivity (Wildman–Crippen MR) is 140 cm³/mol. The number of hydrogen-bond donors (Lipinski definition) is 1. The van der Waals surface area contributed by atoms with E-state index in [1.165, 1.54) is 12.1 Å². The highest BCUT2D eigenvalue weighted by Gasteiger charge is 2.27. The minimum absolute atomic E-state index is 0.110. The fraction of sp³-hybridized carbons (Fsp3) is 0.333. The Kier molecular flexibility index (Phi) is 7.74. The molecule has 186 valence electrons. The van der Waals surface area contributed by atoms with Gasteiger partial charge in [-0.15, -0.1) is 0 Å². The van der Waals surface area contributed by atoms with Gasteiger partial charge in [0, 0.05) is 64.2 Å². The van der Waals surface area contributed by atoms with Crippen molar-refractivity contribution in [3.05, 3.63) is 89.7 Å². The van der Waals surface area contributed by atoms with Gasteiger partial charge in [-0.2, -0.15) is 0 Å². The van der Waals surface area contributed by atoms with Crippen LogP contribution >= 0.6 is 0 Å². The molecule has 6 nitrogen and oxygen atoms in total. The lowest BCUT2D eigenvalue weighted by molar-refractivity contribution is 0.187. The van der Waals surface area contributed by atoms with Crippen molar-refractivity contribution in [2.24, 2.45) is 0 Å². The molecule has 1 aliphatic heterocycles. The van der Waals surface area contributed by atoms with Crippen molar-refractivity contribution in [1.82, 2.24) is 9.62 Å². The van der Waals surface area contributed by atoms with Crippen LogP contribution in [-0.2, 0) is 10.0 Å². The number of rotatable bonds is 8. The largest absolute Gasteiger partial charge is 0.378 e. The van der Waals surface area contributed by atoms with E-state index < -0.39 is 10.0 Å². The van der Waals surface area contributed by atoms with Crippen molar-refractivity contribution < 1.29 is 12.8 Å². The average Bonchev–Trinajstić information content (AvgIpc) is 2.85. The highest BCUT2D eigenvalue weighted by Crippen LogP contribution is 2.26. The van der Waals surface area contributed by atoms with Gasteiger partial charge in [-0.05, 0) is 66.6 Å². The lowest BCUT2D eigenvalue weighted by atomic mass is 10.0. The quantitative estimate of drug-likeness (QED) is 0.510. The Labute approximate surface area is 208 Å². The molecule has 1 fully saturated rings. The molecule has 35 heavy (non-hydrogen) atoms. The number of aryl methyl sites for hydroxylation is 1. The molecule has 4 rings (SSSR count). The number of piperazine rings is 1. The number of sulfonamides is 1. The average molecular weight is 497 g/mol. The number of nitrogens with one attached hydrogen (secondary N) is 1. The van der Waals surface area contributed by atoms with E-state index in [-0.39, 0.29) is 23.3 Å². The first-order valence-corrected chi connectivity index (χ1v) is 13.3. The summed E-state index contributed by atoms with van der Waals surface area (Å²) in [6.07, 6.45) is 0. The van der Waals surface area contributed by atoms with Crippen molar-refractivity contribution in [2.45, 2.75) is 17.9 Å². The molecule has 3 aromatic carbocycles. The van der Waals surface area contributed by atoms with E-state index in [4.69, 9.17) is 0 Å². The summed E-state index contributed by atoms with van der Waals surface area (Å²) in [6, 6.07) is 21.7. The number of nitrogens with zero attached hydrogens (tertiary/aromatic N) is 3. The molecule has 1 aliphatic rings. The normalized spacial score (nSPS) is 15.7. The van der Waals surface area contributed by atoms with E-state index >= 15 is 0 Å². The molecular weight excluding hydrogens is 463 g/mol. The van der Waals surface area contributed by atoms with Crippen LogP contribution in [0.15, 0.2) is 77.7 Å². The van der Waals surface area contributed by atoms with Crippen LogP contribution in [0.1, 0.15) is 17.2 Å². The van der Waals surface area contributed by atoms with Crippen LogP contribution in [0.5, 0.6) is 0 Å². The van der Waals surface area contributed by atoms with Crippen LogP contribution in [0, 0.1) is 12.7 Å². The molecule has 1 N–H and O–H groups in total. The summed E-state index contributed by atoms with van der Waals surface area (Å²) in [5.41, 5.74) is 4.06. The van der Waals surface area contributed by atoms with Crippen LogP contribution in [0.3, 0.4) is 0 Å². The third-order valence-corrected chi connectivity index (χ3v) is 7.93. The van der Waals surface area contributed by atoms with E-state index in [9.17, 15) is 12.8 Å². The first-order chi connectivity index (χ1) is 16.7. The van der Waals surface area contributed by atoms with Gasteiger partial charge in [0.2, 0.25) is 10.0 Å². The maximum atomic E-state index is 13.3. The summed E-state index contributed by atoms with van der Waals surface area (Å²) in [7, 11) is 0.360. The maximum Gasteiger partial charge on any atom is 0.240 e. The first kappa shape index (κ1) is 25.2. The Morgan fingerprint density at radius 3 is 2.20 bits per heavy atom. The third kappa shape index (κ3) is 6.20. The van der Waals surface area contributed by atoms with E-state index in [0.717, 1.165) is 48.7 Å². The number of halogens is 1. The van der Waals surface area contributed by atoms with E-state index in [1.807, 2.05) is 32.0 Å². The fourth-order valence-corrected chi connectivity index (χ4v) is 5.59. The highest BCUT2D eigenvalue weighted by molar-refractivity contribution is 7.89. The SMILES string of the molecule is Cc1cccc(S(=O)(=O)NC[C@H](c2ccc(N(C)C)cc2)N2CCN(c3ccc(F)cc3)CC2)c1. The summed E-state index contributed by atoms with van der Waals surface area (Å²) in [6.45, 7) is 5.25. The zero-order chi connectivity index (χ0) is 25.0. The Morgan fingerprint density at radius 1 is 0.943 bits per heavy atom. The molecule has 0 aromatic heterocycles. The minimum Gasteiger partial charge on any atom is -0.378 e. The van der Waals surface area contributed by atoms with Crippen molar-refractivity contribution in [3.8, 4) is 0 Å². The van der Waals surface area contributed by atoms with Gasteiger partial charge in [-0.3, -0.25) is 4.90 Å². The van der Waals surface area contributed by atoms with E-state index in [2.05, 4.69) is 38.8 Å². The first-order valence-electron chi connectivity index (χ1n) is 11.8. The molecule has 0 saturated carbocycles. The van der Waals surface area contributed by atoms with Gasteiger partial charge in [0.15, 0.2) is 0 Å². The number of benzene rings is 3. The monoisotopic (exact) mass is 496 g/mol. The van der Waals surface area contributed by atoms with Gasteiger partial charge < -0.3 is 9.80 Å². The second-order valence-electron chi connectivity index (χ2n) is 9.17. The molecule has 0 radical (unpaired) electrons. The lowest BCUT2D eigenvalue weighted by Crippen LogP contribution is -2.49.